The van der Waals surface area contributed by atoms with E-state index in [1.807, 2.05) is 25.1 Å². The molecule has 1 heterocycles. The summed E-state index contributed by atoms with van der Waals surface area (Å²) in [4.78, 5) is 7.66. The number of ether oxygens (including phenoxy) is 2. The minimum absolute atomic E-state index is 0.392. The summed E-state index contributed by atoms with van der Waals surface area (Å²) in [6.45, 7) is 1.95. The zero-order chi connectivity index (χ0) is 13.1. The first-order valence-corrected chi connectivity index (χ1v) is 6.06. The Morgan fingerprint density at radius 3 is 2.22 bits per heavy atom. The molecule has 96 valence electrons. The SMILES string of the molecule is COc1cc(OC)cc(-c2nc(CCl)c(C)[nH]2)c1. The van der Waals surface area contributed by atoms with E-state index in [1.54, 1.807) is 14.2 Å². The molecule has 1 N–H and O–H groups in total. The number of rotatable bonds is 4. The van der Waals surface area contributed by atoms with Crippen molar-refractivity contribution in [3.05, 3.63) is 29.6 Å². The van der Waals surface area contributed by atoms with Gasteiger partial charge in [0, 0.05) is 17.3 Å². The summed E-state index contributed by atoms with van der Waals surface area (Å²) < 4.78 is 10.5. The molecule has 4 nitrogen and oxygen atoms in total. The Hall–Kier alpha value is -1.68. The third-order valence-electron chi connectivity index (χ3n) is 2.74. The van der Waals surface area contributed by atoms with Crippen LogP contribution in [0.3, 0.4) is 0 Å². The second-order valence-electron chi connectivity index (χ2n) is 3.89. The second-order valence-corrected chi connectivity index (χ2v) is 4.16. The van der Waals surface area contributed by atoms with Gasteiger partial charge in [-0.2, -0.15) is 0 Å². The molecule has 0 unspecified atom stereocenters. The number of aromatic amines is 1. The molecule has 0 aliphatic rings. The molecule has 0 aliphatic heterocycles. The van der Waals surface area contributed by atoms with Crippen LogP contribution in [0, 0.1) is 6.92 Å². The number of imidazole rings is 1. The summed E-state index contributed by atoms with van der Waals surface area (Å²) in [6.07, 6.45) is 0. The van der Waals surface area contributed by atoms with Crippen molar-refractivity contribution in [2.24, 2.45) is 0 Å². The molecule has 0 radical (unpaired) electrons. The average molecular weight is 267 g/mol. The fraction of sp³-hybridized carbons (Fsp3) is 0.308. The van der Waals surface area contributed by atoms with Gasteiger partial charge in [0.05, 0.1) is 25.8 Å². The number of benzene rings is 1. The minimum Gasteiger partial charge on any atom is -0.497 e. The Balaban J connectivity index is 2.48. The molecule has 0 bridgehead atoms. The Morgan fingerprint density at radius 2 is 1.78 bits per heavy atom. The maximum Gasteiger partial charge on any atom is 0.138 e. The zero-order valence-electron chi connectivity index (χ0n) is 10.6. The van der Waals surface area contributed by atoms with Gasteiger partial charge in [0.2, 0.25) is 0 Å². The Labute approximate surface area is 111 Å². The maximum atomic E-state index is 5.82. The highest BCUT2D eigenvalue weighted by Gasteiger charge is 2.10. The van der Waals surface area contributed by atoms with Crippen LogP contribution in [0.4, 0.5) is 0 Å². The molecule has 1 aromatic carbocycles. The number of nitrogens with one attached hydrogen (secondary N) is 1. The molecule has 18 heavy (non-hydrogen) atoms. The first-order valence-electron chi connectivity index (χ1n) is 5.52. The smallest absolute Gasteiger partial charge is 0.138 e. The van der Waals surface area contributed by atoms with Crippen molar-refractivity contribution in [1.82, 2.24) is 9.97 Å². The number of methoxy groups -OCH3 is 2. The molecule has 2 rings (SSSR count). The molecule has 0 amide bonds. The van der Waals surface area contributed by atoms with E-state index in [9.17, 15) is 0 Å². The summed E-state index contributed by atoms with van der Waals surface area (Å²) in [7, 11) is 3.24. The largest absolute Gasteiger partial charge is 0.497 e. The van der Waals surface area contributed by atoms with Gasteiger partial charge in [-0.1, -0.05) is 0 Å². The summed E-state index contributed by atoms with van der Waals surface area (Å²) in [5, 5.41) is 0. The summed E-state index contributed by atoms with van der Waals surface area (Å²) in [5.41, 5.74) is 2.74. The summed E-state index contributed by atoms with van der Waals surface area (Å²) in [5.74, 6) is 2.61. The van der Waals surface area contributed by atoms with Gasteiger partial charge >= 0.3 is 0 Å². The number of nitrogens with zero attached hydrogens (tertiary/aromatic N) is 1. The van der Waals surface area contributed by atoms with Crippen molar-refractivity contribution < 1.29 is 9.47 Å². The lowest BCUT2D eigenvalue weighted by atomic mass is 10.2. The van der Waals surface area contributed by atoms with E-state index < -0.39 is 0 Å². The van der Waals surface area contributed by atoms with Crippen LogP contribution < -0.4 is 9.47 Å². The van der Waals surface area contributed by atoms with Crippen LogP contribution in [-0.2, 0) is 5.88 Å². The van der Waals surface area contributed by atoms with E-state index in [4.69, 9.17) is 21.1 Å². The minimum atomic E-state index is 0.392. The first-order chi connectivity index (χ1) is 8.67. The van der Waals surface area contributed by atoms with Crippen molar-refractivity contribution in [2.75, 3.05) is 14.2 Å². The molecule has 5 heteroatoms. The molecule has 1 aromatic heterocycles. The number of halogens is 1. The van der Waals surface area contributed by atoms with Gasteiger partial charge in [-0.3, -0.25) is 0 Å². The predicted octanol–water partition coefficient (Wildman–Crippen LogP) is 3.14. The van der Waals surface area contributed by atoms with E-state index in [0.29, 0.717) is 5.88 Å². The van der Waals surface area contributed by atoms with Gasteiger partial charge in [-0.05, 0) is 19.1 Å². The molecule has 2 aromatic rings. The first kappa shape index (κ1) is 12.8. The predicted molar refractivity (Wildman–Crippen MR) is 71.4 cm³/mol. The van der Waals surface area contributed by atoms with Crippen molar-refractivity contribution >= 4 is 11.6 Å². The quantitative estimate of drug-likeness (QED) is 0.865. The van der Waals surface area contributed by atoms with E-state index in [2.05, 4.69) is 9.97 Å². The molecule has 0 saturated heterocycles. The second kappa shape index (κ2) is 5.31. The van der Waals surface area contributed by atoms with E-state index in [-0.39, 0.29) is 0 Å². The number of aryl methyl sites for hydroxylation is 1. The Bertz CT molecular complexity index is 530. The van der Waals surface area contributed by atoms with Gasteiger partial charge in [-0.15, -0.1) is 11.6 Å². The van der Waals surface area contributed by atoms with Gasteiger partial charge in [0.15, 0.2) is 0 Å². The lowest BCUT2D eigenvalue weighted by Gasteiger charge is -2.06. The van der Waals surface area contributed by atoms with Gasteiger partial charge < -0.3 is 14.5 Å². The molecule has 0 spiro atoms. The molecule has 0 fully saturated rings. The monoisotopic (exact) mass is 266 g/mol. The number of hydrogen-bond acceptors (Lipinski definition) is 3. The Morgan fingerprint density at radius 1 is 1.17 bits per heavy atom. The third kappa shape index (κ3) is 2.43. The van der Waals surface area contributed by atoms with Crippen molar-refractivity contribution in [3.63, 3.8) is 0 Å². The topological polar surface area (TPSA) is 47.1 Å². The highest BCUT2D eigenvalue weighted by atomic mass is 35.5. The summed E-state index contributed by atoms with van der Waals surface area (Å²) in [6, 6.07) is 5.62. The standard InChI is InChI=1S/C13H15ClN2O2/c1-8-12(7-14)16-13(15-8)9-4-10(17-2)6-11(5-9)18-3/h4-6H,7H2,1-3H3,(H,15,16). The number of alkyl halides is 1. The van der Waals surface area contributed by atoms with Crippen LogP contribution in [-0.4, -0.2) is 24.2 Å². The van der Waals surface area contributed by atoms with E-state index >= 15 is 0 Å². The maximum absolute atomic E-state index is 5.82. The van der Waals surface area contributed by atoms with Gasteiger partial charge in [-0.25, -0.2) is 4.98 Å². The van der Waals surface area contributed by atoms with Gasteiger partial charge in [0.1, 0.15) is 17.3 Å². The van der Waals surface area contributed by atoms with E-state index in [1.165, 1.54) is 0 Å². The van der Waals surface area contributed by atoms with E-state index in [0.717, 1.165) is 34.3 Å². The van der Waals surface area contributed by atoms with Crippen LogP contribution in [0.1, 0.15) is 11.4 Å². The molecule has 0 saturated carbocycles. The third-order valence-corrected chi connectivity index (χ3v) is 2.99. The molecule has 0 aliphatic carbocycles. The van der Waals surface area contributed by atoms with Crippen molar-refractivity contribution in [2.45, 2.75) is 12.8 Å². The lowest BCUT2D eigenvalue weighted by Crippen LogP contribution is -1.89. The average Bonchev–Trinajstić information content (AvgIpc) is 2.79. The van der Waals surface area contributed by atoms with Crippen LogP contribution in [0.25, 0.3) is 11.4 Å². The number of H-pyrrole nitrogens is 1. The fourth-order valence-corrected chi connectivity index (χ4v) is 1.97. The normalized spacial score (nSPS) is 10.4. The number of aromatic nitrogens is 2. The van der Waals surface area contributed by atoms with Gasteiger partial charge in [0.25, 0.3) is 0 Å². The summed E-state index contributed by atoms with van der Waals surface area (Å²) >= 11 is 5.82. The van der Waals surface area contributed by atoms with Crippen LogP contribution in [0.2, 0.25) is 0 Å². The van der Waals surface area contributed by atoms with Crippen molar-refractivity contribution in [1.29, 1.82) is 0 Å². The highest BCUT2D eigenvalue weighted by Crippen LogP contribution is 2.28. The highest BCUT2D eigenvalue weighted by molar-refractivity contribution is 6.17. The molecule has 0 atom stereocenters. The molecular formula is C13H15ClN2O2. The lowest BCUT2D eigenvalue weighted by molar-refractivity contribution is 0.394. The van der Waals surface area contributed by atoms with Crippen molar-refractivity contribution in [3.8, 4) is 22.9 Å². The van der Waals surface area contributed by atoms with Crippen LogP contribution in [0.5, 0.6) is 11.5 Å². The van der Waals surface area contributed by atoms with Crippen LogP contribution >= 0.6 is 11.6 Å². The zero-order valence-corrected chi connectivity index (χ0v) is 11.3. The Kier molecular flexibility index (Phi) is 3.77. The van der Waals surface area contributed by atoms with Crippen LogP contribution in [0.15, 0.2) is 18.2 Å². The molecular weight excluding hydrogens is 252 g/mol. The fourth-order valence-electron chi connectivity index (χ4n) is 1.71. The number of hydrogen-bond donors (Lipinski definition) is 1.